The van der Waals surface area contributed by atoms with Crippen molar-refractivity contribution in [2.24, 2.45) is 0 Å². The highest BCUT2D eigenvalue weighted by atomic mass is 32.1. The molecular weight excluding hydrogens is 132 g/mol. The Labute approximate surface area is 61.6 Å². The summed E-state index contributed by atoms with van der Waals surface area (Å²) in [7, 11) is 0. The molecule has 0 unspecified atom stereocenters. The Hall–Kier alpha value is -0.370. The van der Waals surface area contributed by atoms with E-state index in [0.29, 0.717) is 6.42 Å². The molecule has 0 fully saturated rings. The van der Waals surface area contributed by atoms with E-state index in [1.807, 2.05) is 6.08 Å². The molecule has 9 heavy (non-hydrogen) atoms. The van der Waals surface area contributed by atoms with Crippen LogP contribution in [0.5, 0.6) is 0 Å². The molecule has 0 aliphatic heterocycles. The zero-order chi connectivity index (χ0) is 7.11. The second-order valence-corrected chi connectivity index (χ2v) is 2.36. The number of carbonyl (C=O) groups is 1. The highest BCUT2D eigenvalue weighted by Gasteiger charge is 1.92. The third-order valence-corrected chi connectivity index (χ3v) is 1.24. The summed E-state index contributed by atoms with van der Waals surface area (Å²) < 4.78 is 0. The number of hydrogen-bond donors (Lipinski definition) is 0. The predicted octanol–water partition coefficient (Wildman–Crippen LogP) is 2.46. The Morgan fingerprint density at radius 1 is 1.56 bits per heavy atom. The van der Waals surface area contributed by atoms with Crippen LogP contribution in [-0.4, -0.2) is 5.12 Å². The monoisotopic (exact) mass is 143 g/mol. The highest BCUT2D eigenvalue weighted by molar-refractivity contribution is 7.96. The van der Waals surface area contributed by atoms with E-state index in [2.05, 4.69) is 19.2 Å². The summed E-state index contributed by atoms with van der Waals surface area (Å²) in [5, 5.41) is -0.126. The van der Waals surface area contributed by atoms with Crippen LogP contribution in [0.4, 0.5) is 0 Å². The average Bonchev–Trinajstić information content (AvgIpc) is 1.80. The van der Waals surface area contributed by atoms with Gasteiger partial charge in [0, 0.05) is 6.42 Å². The zero-order valence-electron chi connectivity index (χ0n) is 5.43. The molecule has 1 radical (unpaired) electrons. The van der Waals surface area contributed by atoms with E-state index in [0.717, 1.165) is 19.3 Å². The zero-order valence-corrected chi connectivity index (χ0v) is 6.25. The lowest BCUT2D eigenvalue weighted by Gasteiger charge is -1.90. The van der Waals surface area contributed by atoms with Gasteiger partial charge < -0.3 is 0 Å². The first-order chi connectivity index (χ1) is 4.27. The van der Waals surface area contributed by atoms with Crippen molar-refractivity contribution in [3.05, 3.63) is 12.7 Å². The Balaban J connectivity index is 2.91. The molecule has 51 valence electrons. The third kappa shape index (κ3) is 7.63. The van der Waals surface area contributed by atoms with Crippen molar-refractivity contribution in [1.82, 2.24) is 0 Å². The van der Waals surface area contributed by atoms with Crippen LogP contribution in [0.15, 0.2) is 12.7 Å². The van der Waals surface area contributed by atoms with E-state index in [4.69, 9.17) is 0 Å². The number of hydrogen-bond acceptors (Lipinski definition) is 1. The maximum atomic E-state index is 10.2. The first kappa shape index (κ1) is 8.63. The van der Waals surface area contributed by atoms with Crippen molar-refractivity contribution in [2.75, 3.05) is 0 Å². The number of carbonyl (C=O) groups excluding carboxylic acids is 1. The topological polar surface area (TPSA) is 17.1 Å². The minimum Gasteiger partial charge on any atom is -0.282 e. The molecule has 0 amide bonds. The third-order valence-electron chi connectivity index (χ3n) is 1.04. The van der Waals surface area contributed by atoms with E-state index in [1.54, 1.807) is 0 Å². The average molecular weight is 143 g/mol. The number of allylic oxidation sites excluding steroid dienone is 1. The van der Waals surface area contributed by atoms with Gasteiger partial charge in [0.15, 0.2) is 0 Å². The van der Waals surface area contributed by atoms with Crippen molar-refractivity contribution < 1.29 is 4.79 Å². The molecule has 0 bridgehead atoms. The molecule has 2 heteroatoms. The van der Waals surface area contributed by atoms with Crippen molar-refractivity contribution in [3.8, 4) is 0 Å². The Morgan fingerprint density at radius 3 is 2.67 bits per heavy atom. The Kier molecular flexibility index (Phi) is 5.52. The van der Waals surface area contributed by atoms with Gasteiger partial charge in [-0.25, -0.2) is 0 Å². The molecule has 0 spiro atoms. The predicted molar refractivity (Wildman–Crippen MR) is 41.3 cm³/mol. The number of unbranched alkanes of at least 4 members (excludes halogenated alkanes) is 2. The van der Waals surface area contributed by atoms with E-state index >= 15 is 0 Å². The van der Waals surface area contributed by atoms with Gasteiger partial charge in [0.2, 0.25) is 5.12 Å². The van der Waals surface area contributed by atoms with Crippen LogP contribution in [-0.2, 0) is 4.79 Å². The molecule has 0 aliphatic rings. The smallest absolute Gasteiger partial charge is 0.218 e. The molecule has 0 saturated heterocycles. The molecule has 1 nitrogen and oxygen atoms in total. The molecule has 0 aromatic rings. The largest absolute Gasteiger partial charge is 0.282 e. The molecule has 0 aliphatic carbocycles. The Bertz CT molecular complexity index is 99.1. The number of rotatable bonds is 5. The van der Waals surface area contributed by atoms with Crippen molar-refractivity contribution in [1.29, 1.82) is 0 Å². The standard InChI is InChI=1S/C7H11OS/c1-2-3-4-5-6-7(8)9/h2H,1,3-6H2. The summed E-state index contributed by atoms with van der Waals surface area (Å²) in [6, 6.07) is 0. The van der Waals surface area contributed by atoms with Gasteiger partial charge in [0.1, 0.15) is 0 Å². The summed E-state index contributed by atoms with van der Waals surface area (Å²) in [5.41, 5.74) is 0. The lowest BCUT2D eigenvalue weighted by molar-refractivity contribution is -0.110. The SMILES string of the molecule is C=CCCCCC(=O)[S]. The second-order valence-electron chi connectivity index (χ2n) is 1.91. The summed E-state index contributed by atoms with van der Waals surface area (Å²) in [5.74, 6) is 0. The maximum absolute atomic E-state index is 10.2. The van der Waals surface area contributed by atoms with Gasteiger partial charge >= 0.3 is 0 Å². The van der Waals surface area contributed by atoms with Gasteiger partial charge in [-0.15, -0.1) is 6.58 Å². The fourth-order valence-electron chi connectivity index (χ4n) is 0.558. The first-order valence-corrected chi connectivity index (χ1v) is 3.49. The van der Waals surface area contributed by atoms with Crippen LogP contribution in [0.25, 0.3) is 0 Å². The van der Waals surface area contributed by atoms with Crippen molar-refractivity contribution in [3.63, 3.8) is 0 Å². The van der Waals surface area contributed by atoms with Crippen LogP contribution in [0.1, 0.15) is 25.7 Å². The van der Waals surface area contributed by atoms with Gasteiger partial charge in [-0.3, -0.25) is 4.79 Å². The maximum Gasteiger partial charge on any atom is 0.218 e. The van der Waals surface area contributed by atoms with E-state index in [-0.39, 0.29) is 5.12 Å². The second kappa shape index (κ2) is 5.76. The summed E-state index contributed by atoms with van der Waals surface area (Å²) in [6.45, 7) is 3.57. The fourth-order valence-corrected chi connectivity index (χ4v) is 0.702. The van der Waals surface area contributed by atoms with Gasteiger partial charge in [0.05, 0.1) is 0 Å². The first-order valence-electron chi connectivity index (χ1n) is 3.08. The minimum absolute atomic E-state index is 0.126. The molecule has 0 saturated carbocycles. The van der Waals surface area contributed by atoms with Crippen LogP contribution in [0, 0.1) is 0 Å². The minimum atomic E-state index is -0.126. The van der Waals surface area contributed by atoms with E-state index in [1.165, 1.54) is 0 Å². The van der Waals surface area contributed by atoms with Crippen LogP contribution >= 0.6 is 12.6 Å². The van der Waals surface area contributed by atoms with E-state index < -0.39 is 0 Å². The molecular formula is C7H11OS. The summed E-state index contributed by atoms with van der Waals surface area (Å²) >= 11 is 4.36. The van der Waals surface area contributed by atoms with Gasteiger partial charge in [-0.05, 0) is 31.9 Å². The van der Waals surface area contributed by atoms with E-state index in [9.17, 15) is 4.79 Å². The molecule has 0 aromatic heterocycles. The normalized spacial score (nSPS) is 8.89. The summed E-state index contributed by atoms with van der Waals surface area (Å²) in [4.78, 5) is 10.2. The van der Waals surface area contributed by atoms with Crippen LogP contribution < -0.4 is 0 Å². The molecule has 0 rings (SSSR count). The molecule has 0 heterocycles. The molecule has 0 atom stereocenters. The lowest BCUT2D eigenvalue weighted by atomic mass is 10.2. The highest BCUT2D eigenvalue weighted by Crippen LogP contribution is 2.01. The van der Waals surface area contributed by atoms with Crippen molar-refractivity contribution in [2.45, 2.75) is 25.7 Å². The molecule has 0 N–H and O–H groups in total. The van der Waals surface area contributed by atoms with Crippen LogP contribution in [0.2, 0.25) is 0 Å². The van der Waals surface area contributed by atoms with Crippen molar-refractivity contribution >= 4 is 17.7 Å². The quantitative estimate of drug-likeness (QED) is 0.427. The Morgan fingerprint density at radius 2 is 2.22 bits per heavy atom. The van der Waals surface area contributed by atoms with Crippen LogP contribution in [0.3, 0.4) is 0 Å². The molecule has 0 aromatic carbocycles. The van der Waals surface area contributed by atoms with Gasteiger partial charge in [-0.1, -0.05) is 6.08 Å². The van der Waals surface area contributed by atoms with Gasteiger partial charge in [-0.2, -0.15) is 0 Å². The lowest BCUT2D eigenvalue weighted by Crippen LogP contribution is -1.84. The summed E-state index contributed by atoms with van der Waals surface area (Å²) in [6.07, 6.45) is 5.33. The fraction of sp³-hybridized carbons (Fsp3) is 0.571. The van der Waals surface area contributed by atoms with Gasteiger partial charge in [0.25, 0.3) is 0 Å².